The van der Waals surface area contributed by atoms with Crippen LogP contribution >= 0.6 is 0 Å². The van der Waals surface area contributed by atoms with Crippen LogP contribution in [0.5, 0.6) is 0 Å². The van der Waals surface area contributed by atoms with Crippen molar-refractivity contribution in [3.8, 4) is 0 Å². The third-order valence-electron chi connectivity index (χ3n) is 3.35. The highest BCUT2D eigenvalue weighted by atomic mass is 16.5. The average Bonchev–Trinajstić information content (AvgIpc) is 2.09. The number of rotatable bonds is 3. The quantitative estimate of drug-likeness (QED) is 0.648. The monoisotopic (exact) mass is 184 g/mol. The van der Waals surface area contributed by atoms with E-state index in [1.54, 1.807) is 0 Å². The molecule has 1 heteroatoms. The summed E-state index contributed by atoms with van der Waals surface area (Å²) in [4.78, 5) is 0. The molecule has 1 aliphatic rings. The van der Waals surface area contributed by atoms with Crippen molar-refractivity contribution in [3.05, 3.63) is 0 Å². The summed E-state index contributed by atoms with van der Waals surface area (Å²) in [6, 6.07) is 0. The van der Waals surface area contributed by atoms with Crippen molar-refractivity contribution < 1.29 is 4.74 Å². The van der Waals surface area contributed by atoms with Crippen molar-refractivity contribution in [2.45, 2.75) is 71.5 Å². The van der Waals surface area contributed by atoms with Crippen molar-refractivity contribution in [2.24, 2.45) is 5.92 Å². The highest BCUT2D eigenvalue weighted by molar-refractivity contribution is 4.77. The summed E-state index contributed by atoms with van der Waals surface area (Å²) in [7, 11) is 0. The number of hydrogen-bond acceptors (Lipinski definition) is 1. The molecule has 1 fully saturated rings. The van der Waals surface area contributed by atoms with Crippen molar-refractivity contribution in [1.29, 1.82) is 0 Å². The van der Waals surface area contributed by atoms with Gasteiger partial charge >= 0.3 is 0 Å². The molecule has 0 aliphatic heterocycles. The minimum Gasteiger partial charge on any atom is -0.372 e. The first kappa shape index (κ1) is 11.0. The molecule has 0 N–H and O–H groups in total. The summed E-state index contributed by atoms with van der Waals surface area (Å²) < 4.78 is 6.14. The van der Waals surface area contributed by atoms with Gasteiger partial charge < -0.3 is 4.74 Å². The molecule has 0 spiro atoms. The van der Waals surface area contributed by atoms with Gasteiger partial charge in [-0.15, -0.1) is 0 Å². The third kappa shape index (κ3) is 3.30. The van der Waals surface area contributed by atoms with Crippen LogP contribution in [0.3, 0.4) is 0 Å². The third-order valence-corrected chi connectivity index (χ3v) is 3.35. The second-order valence-corrected chi connectivity index (χ2v) is 5.03. The molecule has 1 saturated carbocycles. The summed E-state index contributed by atoms with van der Waals surface area (Å²) in [5, 5.41) is 0. The Bertz CT molecular complexity index is 151. The maximum Gasteiger partial charge on any atom is 0.0627 e. The second kappa shape index (κ2) is 4.45. The first-order valence-corrected chi connectivity index (χ1v) is 5.73. The molecular formula is C12H24O. The smallest absolute Gasteiger partial charge is 0.0627 e. The highest BCUT2D eigenvalue weighted by Crippen LogP contribution is 2.30. The van der Waals surface area contributed by atoms with E-state index >= 15 is 0 Å². The van der Waals surface area contributed by atoms with Gasteiger partial charge in [-0.2, -0.15) is 0 Å². The Morgan fingerprint density at radius 2 is 1.85 bits per heavy atom. The minimum absolute atomic E-state index is 0.0796. The van der Waals surface area contributed by atoms with Crippen LogP contribution in [0.1, 0.15) is 59.8 Å². The maximum absolute atomic E-state index is 6.14. The molecular weight excluding hydrogens is 160 g/mol. The summed E-state index contributed by atoms with van der Waals surface area (Å²) in [6.45, 7) is 8.94. The largest absolute Gasteiger partial charge is 0.372 e. The van der Waals surface area contributed by atoms with E-state index in [0.717, 1.165) is 12.3 Å². The fraction of sp³-hybridized carbons (Fsp3) is 1.00. The number of ether oxygens (including phenoxy) is 1. The predicted octanol–water partition coefficient (Wildman–Crippen LogP) is 3.77. The number of hydrogen-bond donors (Lipinski definition) is 0. The molecule has 2 atom stereocenters. The van der Waals surface area contributed by atoms with Crippen molar-refractivity contribution >= 4 is 0 Å². The van der Waals surface area contributed by atoms with Crippen molar-refractivity contribution in [2.75, 3.05) is 0 Å². The van der Waals surface area contributed by atoms with Gasteiger partial charge in [-0.25, -0.2) is 0 Å². The highest BCUT2D eigenvalue weighted by Gasteiger charge is 2.27. The van der Waals surface area contributed by atoms with Gasteiger partial charge in [0.1, 0.15) is 0 Å². The van der Waals surface area contributed by atoms with Gasteiger partial charge in [-0.3, -0.25) is 0 Å². The minimum atomic E-state index is 0.0796. The molecule has 0 radical (unpaired) electrons. The Balaban J connectivity index is 2.42. The Kier molecular flexibility index (Phi) is 3.78. The van der Waals surface area contributed by atoms with E-state index in [-0.39, 0.29) is 5.60 Å². The lowest BCUT2D eigenvalue weighted by Crippen LogP contribution is -2.35. The summed E-state index contributed by atoms with van der Waals surface area (Å²) >= 11 is 0. The molecule has 13 heavy (non-hydrogen) atoms. The van der Waals surface area contributed by atoms with E-state index < -0.39 is 0 Å². The molecule has 78 valence electrons. The molecule has 2 unspecified atom stereocenters. The summed E-state index contributed by atoms with van der Waals surface area (Å²) in [5.41, 5.74) is 0.0796. The van der Waals surface area contributed by atoms with Gasteiger partial charge in [0, 0.05) is 0 Å². The molecule has 0 amide bonds. The van der Waals surface area contributed by atoms with E-state index in [0.29, 0.717) is 6.10 Å². The fourth-order valence-electron chi connectivity index (χ4n) is 1.95. The Morgan fingerprint density at radius 3 is 2.38 bits per heavy atom. The van der Waals surface area contributed by atoms with Gasteiger partial charge in [0.2, 0.25) is 0 Å². The van der Waals surface area contributed by atoms with Crippen LogP contribution in [0.2, 0.25) is 0 Å². The molecule has 0 saturated heterocycles. The topological polar surface area (TPSA) is 9.23 Å². The van der Waals surface area contributed by atoms with Crippen LogP contribution in [0, 0.1) is 5.92 Å². The zero-order valence-corrected chi connectivity index (χ0v) is 9.60. The van der Waals surface area contributed by atoms with Crippen LogP contribution in [-0.4, -0.2) is 11.7 Å². The SMILES string of the molecule is CCC(C)(C)OC1CCCCC1C. The van der Waals surface area contributed by atoms with Gasteiger partial charge in [0.15, 0.2) is 0 Å². The summed E-state index contributed by atoms with van der Waals surface area (Å²) in [5.74, 6) is 0.763. The normalized spacial score (nSPS) is 30.5. The first-order chi connectivity index (χ1) is 6.05. The van der Waals surface area contributed by atoms with Crippen LogP contribution in [0.4, 0.5) is 0 Å². The maximum atomic E-state index is 6.14. The zero-order chi connectivity index (χ0) is 9.90. The van der Waals surface area contributed by atoms with Crippen LogP contribution in [-0.2, 0) is 4.74 Å². The van der Waals surface area contributed by atoms with E-state index in [9.17, 15) is 0 Å². The van der Waals surface area contributed by atoms with Gasteiger partial charge in [-0.05, 0) is 39.0 Å². The van der Waals surface area contributed by atoms with Gasteiger partial charge in [-0.1, -0.05) is 26.7 Å². The van der Waals surface area contributed by atoms with E-state index in [2.05, 4.69) is 27.7 Å². The molecule has 0 aromatic carbocycles. The van der Waals surface area contributed by atoms with Crippen molar-refractivity contribution in [1.82, 2.24) is 0 Å². The van der Waals surface area contributed by atoms with Gasteiger partial charge in [0.25, 0.3) is 0 Å². The Labute approximate surface area is 82.9 Å². The van der Waals surface area contributed by atoms with Crippen LogP contribution < -0.4 is 0 Å². The lowest BCUT2D eigenvalue weighted by molar-refractivity contribution is -0.106. The average molecular weight is 184 g/mol. The van der Waals surface area contributed by atoms with Crippen LogP contribution in [0.25, 0.3) is 0 Å². The molecule has 1 rings (SSSR count). The van der Waals surface area contributed by atoms with Crippen LogP contribution in [0.15, 0.2) is 0 Å². The summed E-state index contributed by atoms with van der Waals surface area (Å²) in [6.07, 6.45) is 7.00. The Morgan fingerprint density at radius 1 is 1.23 bits per heavy atom. The molecule has 0 heterocycles. The first-order valence-electron chi connectivity index (χ1n) is 5.73. The second-order valence-electron chi connectivity index (χ2n) is 5.03. The van der Waals surface area contributed by atoms with Gasteiger partial charge in [0.05, 0.1) is 11.7 Å². The zero-order valence-electron chi connectivity index (χ0n) is 9.60. The van der Waals surface area contributed by atoms with E-state index in [1.165, 1.54) is 25.7 Å². The lowest BCUT2D eigenvalue weighted by Gasteiger charge is -2.36. The molecule has 1 nitrogen and oxygen atoms in total. The Hall–Kier alpha value is -0.0400. The standard InChI is InChI=1S/C12H24O/c1-5-12(3,4)13-11-9-7-6-8-10(11)2/h10-11H,5-9H2,1-4H3. The molecule has 1 aliphatic carbocycles. The lowest BCUT2D eigenvalue weighted by atomic mass is 9.87. The van der Waals surface area contributed by atoms with Crippen molar-refractivity contribution in [3.63, 3.8) is 0 Å². The molecule has 0 aromatic rings. The predicted molar refractivity (Wildman–Crippen MR) is 56.9 cm³/mol. The van der Waals surface area contributed by atoms with E-state index in [1.807, 2.05) is 0 Å². The molecule has 0 aromatic heterocycles. The molecule has 0 bridgehead atoms. The van der Waals surface area contributed by atoms with E-state index in [4.69, 9.17) is 4.74 Å². The fourth-order valence-corrected chi connectivity index (χ4v) is 1.95.